The molecule has 3 rings (SSSR count). The third kappa shape index (κ3) is 7.42. The highest BCUT2D eigenvalue weighted by Crippen LogP contribution is 2.30. The first kappa shape index (κ1) is 27.9. The van der Waals surface area contributed by atoms with Gasteiger partial charge in [-0.2, -0.15) is 0 Å². The second kappa shape index (κ2) is 13.0. The Hall–Kier alpha value is -3.66. The Morgan fingerprint density at radius 3 is 2.59 bits per heavy atom. The quantitative estimate of drug-likeness (QED) is 0.412. The van der Waals surface area contributed by atoms with Crippen LogP contribution in [0.1, 0.15) is 44.1 Å². The summed E-state index contributed by atoms with van der Waals surface area (Å²) in [6.45, 7) is 5.19. The lowest BCUT2D eigenvalue weighted by Crippen LogP contribution is -2.49. The molecule has 37 heavy (non-hydrogen) atoms. The first-order valence-corrected chi connectivity index (χ1v) is 12.2. The van der Waals surface area contributed by atoms with Crippen LogP contribution in [-0.2, 0) is 23.8 Å². The molecule has 1 aliphatic heterocycles. The standard InChI is InChI=1S/C27H33NO9/c1-16(2)26(31)37-22-15-34-13-11-18(14-20(29)23-24(30)21(33-4)10-12-28-23)27(32)35-17(3)25(22)36-19-8-6-5-7-9-19/h5-10,12,16-18,22,25,30H,11,13-15H2,1-4H3/t17-,18+,22-,25-/m0/s1. The second-order valence-electron chi connectivity index (χ2n) is 9.07. The van der Waals surface area contributed by atoms with E-state index >= 15 is 0 Å². The summed E-state index contributed by atoms with van der Waals surface area (Å²) in [7, 11) is 1.36. The molecule has 0 bridgehead atoms. The Bertz CT molecular complexity index is 1070. The molecule has 0 radical (unpaired) electrons. The van der Waals surface area contributed by atoms with E-state index in [4.69, 9.17) is 23.7 Å². The lowest BCUT2D eigenvalue weighted by atomic mass is 9.96. The van der Waals surface area contributed by atoms with Crippen LogP contribution < -0.4 is 9.47 Å². The lowest BCUT2D eigenvalue weighted by Gasteiger charge is -2.33. The van der Waals surface area contributed by atoms with Gasteiger partial charge < -0.3 is 28.8 Å². The minimum Gasteiger partial charge on any atom is -0.503 e. The van der Waals surface area contributed by atoms with Gasteiger partial charge in [0.15, 0.2) is 35.2 Å². The van der Waals surface area contributed by atoms with Crippen molar-refractivity contribution >= 4 is 17.7 Å². The summed E-state index contributed by atoms with van der Waals surface area (Å²) < 4.78 is 28.3. The van der Waals surface area contributed by atoms with Gasteiger partial charge in [0.25, 0.3) is 0 Å². The number of cyclic esters (lactones) is 1. The fraction of sp³-hybridized carbons (Fsp3) is 0.481. The Morgan fingerprint density at radius 1 is 1.19 bits per heavy atom. The molecule has 0 aliphatic carbocycles. The highest BCUT2D eigenvalue weighted by Gasteiger charge is 2.38. The summed E-state index contributed by atoms with van der Waals surface area (Å²) in [5.41, 5.74) is -0.191. The molecular weight excluding hydrogens is 482 g/mol. The predicted molar refractivity (Wildman–Crippen MR) is 131 cm³/mol. The highest BCUT2D eigenvalue weighted by molar-refractivity contribution is 5.99. The molecule has 0 amide bonds. The molecule has 10 nitrogen and oxygen atoms in total. The third-order valence-corrected chi connectivity index (χ3v) is 5.91. The number of nitrogens with zero attached hydrogens (tertiary/aromatic N) is 1. The van der Waals surface area contributed by atoms with Gasteiger partial charge in [0, 0.05) is 25.3 Å². The maximum Gasteiger partial charge on any atom is 0.309 e. The van der Waals surface area contributed by atoms with E-state index in [1.165, 1.54) is 19.4 Å². The molecule has 200 valence electrons. The number of para-hydroxylation sites is 1. The van der Waals surface area contributed by atoms with Gasteiger partial charge in [0.05, 0.1) is 25.6 Å². The van der Waals surface area contributed by atoms with Gasteiger partial charge in [-0.15, -0.1) is 0 Å². The molecule has 0 saturated carbocycles. The van der Waals surface area contributed by atoms with Crippen LogP contribution >= 0.6 is 0 Å². The van der Waals surface area contributed by atoms with Crippen molar-refractivity contribution in [1.82, 2.24) is 4.98 Å². The molecule has 10 heteroatoms. The lowest BCUT2D eigenvalue weighted by molar-refractivity contribution is -0.178. The van der Waals surface area contributed by atoms with Crippen LogP contribution in [0.25, 0.3) is 0 Å². The predicted octanol–water partition coefficient (Wildman–Crippen LogP) is 3.35. The number of aromatic nitrogens is 1. The maximum atomic E-state index is 13.2. The topological polar surface area (TPSA) is 130 Å². The summed E-state index contributed by atoms with van der Waals surface area (Å²) in [5.74, 6) is -2.61. The molecule has 0 unspecified atom stereocenters. The molecule has 1 aliphatic rings. The first-order valence-electron chi connectivity index (χ1n) is 12.2. The molecule has 1 N–H and O–H groups in total. The van der Waals surface area contributed by atoms with Crippen molar-refractivity contribution < 1.29 is 43.2 Å². The molecular formula is C27H33NO9. The number of ketones is 1. The normalized spacial score (nSPS) is 22.6. The largest absolute Gasteiger partial charge is 0.503 e. The SMILES string of the molecule is COc1ccnc(C(=O)C[C@H]2CCOC[C@H](OC(=O)C(C)C)[C@@H](Oc3ccccc3)[C@H](C)OC2=O)c1O. The van der Waals surface area contributed by atoms with E-state index in [0.717, 1.165) is 0 Å². The van der Waals surface area contributed by atoms with Crippen molar-refractivity contribution in [2.45, 2.75) is 51.9 Å². The molecule has 4 atom stereocenters. The van der Waals surface area contributed by atoms with Gasteiger partial charge in [-0.25, -0.2) is 4.98 Å². The van der Waals surface area contributed by atoms with Crippen molar-refractivity contribution in [2.24, 2.45) is 11.8 Å². The summed E-state index contributed by atoms with van der Waals surface area (Å²) in [6.07, 6.45) is -1.29. The Balaban J connectivity index is 1.80. The van der Waals surface area contributed by atoms with Crippen LogP contribution in [0.4, 0.5) is 0 Å². The van der Waals surface area contributed by atoms with E-state index < -0.39 is 42.0 Å². The van der Waals surface area contributed by atoms with Crippen LogP contribution in [-0.4, -0.2) is 66.4 Å². The third-order valence-electron chi connectivity index (χ3n) is 5.91. The maximum absolute atomic E-state index is 13.2. The van der Waals surface area contributed by atoms with Gasteiger partial charge in [-0.1, -0.05) is 32.0 Å². The number of aromatic hydroxyl groups is 1. The van der Waals surface area contributed by atoms with Crippen LogP contribution in [0.2, 0.25) is 0 Å². The average Bonchev–Trinajstić information content (AvgIpc) is 2.88. The van der Waals surface area contributed by atoms with Crippen LogP contribution in [0.3, 0.4) is 0 Å². The minimum absolute atomic E-state index is 0.0107. The van der Waals surface area contributed by atoms with E-state index in [1.54, 1.807) is 45.0 Å². The number of pyridine rings is 1. The molecule has 1 aromatic heterocycles. The van der Waals surface area contributed by atoms with E-state index in [2.05, 4.69) is 4.98 Å². The van der Waals surface area contributed by atoms with E-state index in [-0.39, 0.29) is 49.2 Å². The fourth-order valence-corrected chi connectivity index (χ4v) is 3.81. The zero-order chi connectivity index (χ0) is 26.9. The number of hydrogen-bond donors (Lipinski definition) is 1. The number of hydrogen-bond acceptors (Lipinski definition) is 10. The van der Waals surface area contributed by atoms with Gasteiger partial charge in [-0.05, 0) is 25.5 Å². The van der Waals surface area contributed by atoms with Crippen molar-refractivity contribution in [3.05, 3.63) is 48.3 Å². The van der Waals surface area contributed by atoms with E-state index in [0.29, 0.717) is 5.75 Å². The highest BCUT2D eigenvalue weighted by atomic mass is 16.6. The number of Topliss-reactive ketones (excluding diaryl/α,β-unsaturated/α-hetero) is 1. The minimum atomic E-state index is -0.868. The number of carbonyl (C=O) groups excluding carboxylic acids is 3. The number of benzene rings is 1. The van der Waals surface area contributed by atoms with Gasteiger partial charge in [0.1, 0.15) is 11.9 Å². The number of rotatable bonds is 8. The Morgan fingerprint density at radius 2 is 1.92 bits per heavy atom. The second-order valence-corrected chi connectivity index (χ2v) is 9.07. The Labute approximate surface area is 215 Å². The van der Waals surface area contributed by atoms with Crippen molar-refractivity contribution in [3.63, 3.8) is 0 Å². The van der Waals surface area contributed by atoms with Crippen molar-refractivity contribution in [3.8, 4) is 17.2 Å². The van der Waals surface area contributed by atoms with Gasteiger partial charge in [0.2, 0.25) is 0 Å². The summed E-state index contributed by atoms with van der Waals surface area (Å²) in [6, 6.07) is 10.3. The zero-order valence-corrected chi connectivity index (χ0v) is 21.4. The van der Waals surface area contributed by atoms with Crippen molar-refractivity contribution in [2.75, 3.05) is 20.3 Å². The van der Waals surface area contributed by atoms with Crippen LogP contribution in [0, 0.1) is 11.8 Å². The molecule has 1 fully saturated rings. The van der Waals surface area contributed by atoms with E-state index in [1.807, 2.05) is 6.07 Å². The van der Waals surface area contributed by atoms with E-state index in [9.17, 15) is 19.5 Å². The Kier molecular flexibility index (Phi) is 9.85. The monoisotopic (exact) mass is 515 g/mol. The molecule has 1 saturated heterocycles. The number of methoxy groups -OCH3 is 1. The summed E-state index contributed by atoms with van der Waals surface area (Å²) >= 11 is 0. The number of ether oxygens (including phenoxy) is 5. The summed E-state index contributed by atoms with van der Waals surface area (Å²) in [5, 5.41) is 10.3. The van der Waals surface area contributed by atoms with Crippen LogP contribution in [0.5, 0.6) is 17.2 Å². The average molecular weight is 516 g/mol. The first-order chi connectivity index (χ1) is 17.7. The smallest absolute Gasteiger partial charge is 0.309 e. The van der Waals surface area contributed by atoms with Gasteiger partial charge in [-0.3, -0.25) is 14.4 Å². The van der Waals surface area contributed by atoms with Gasteiger partial charge >= 0.3 is 11.9 Å². The molecule has 2 heterocycles. The zero-order valence-electron chi connectivity index (χ0n) is 21.4. The molecule has 2 aromatic rings. The van der Waals surface area contributed by atoms with Crippen LogP contribution in [0.15, 0.2) is 42.6 Å². The number of carbonyl (C=O) groups is 3. The number of esters is 2. The molecule has 1 aromatic carbocycles. The molecule has 0 spiro atoms. The fourth-order valence-electron chi connectivity index (χ4n) is 3.81. The van der Waals surface area contributed by atoms with Crippen molar-refractivity contribution in [1.29, 1.82) is 0 Å². The summed E-state index contributed by atoms with van der Waals surface area (Å²) in [4.78, 5) is 42.4.